The van der Waals surface area contributed by atoms with Crippen LogP contribution in [-0.4, -0.2) is 51.1 Å². The van der Waals surface area contributed by atoms with Gasteiger partial charge in [0.2, 0.25) is 0 Å². The monoisotopic (exact) mass is 272 g/mol. The van der Waals surface area contributed by atoms with Crippen LogP contribution in [0.4, 0.5) is 0 Å². The molecule has 16 heavy (non-hydrogen) atoms. The van der Waals surface area contributed by atoms with Gasteiger partial charge >= 0.3 is 0 Å². The lowest BCUT2D eigenvalue weighted by atomic mass is 10.0. The van der Waals surface area contributed by atoms with Crippen molar-refractivity contribution in [1.29, 1.82) is 0 Å². The van der Waals surface area contributed by atoms with Crippen LogP contribution >= 0.6 is 0 Å². The van der Waals surface area contributed by atoms with Gasteiger partial charge in [-0.1, -0.05) is 0 Å². The average Bonchev–Trinajstić information content (AvgIpc) is 1.99. The van der Waals surface area contributed by atoms with Gasteiger partial charge in [0.25, 0.3) is 0 Å². The molecule has 1 N–H and O–H groups in total. The molecule has 1 atom stereocenters. The van der Waals surface area contributed by atoms with Crippen molar-refractivity contribution in [2.45, 2.75) is 37.5 Å². The lowest BCUT2D eigenvalue weighted by Gasteiger charge is -2.28. The van der Waals surface area contributed by atoms with Gasteiger partial charge in [0.15, 0.2) is 9.84 Å². The molecule has 0 saturated heterocycles. The molecule has 0 aliphatic heterocycles. The molecule has 0 fully saturated rings. The second kappa shape index (κ2) is 5.01. The van der Waals surface area contributed by atoms with Crippen molar-refractivity contribution in [3.63, 3.8) is 0 Å². The van der Waals surface area contributed by atoms with Crippen molar-refractivity contribution in [3.05, 3.63) is 0 Å². The largest absolute Gasteiger partial charge is 0.392 e. The third kappa shape index (κ3) is 4.80. The van der Waals surface area contributed by atoms with Crippen LogP contribution in [0.25, 0.3) is 0 Å². The third-order valence-corrected chi connectivity index (χ3v) is 5.96. The summed E-state index contributed by atoms with van der Waals surface area (Å²) in [4.78, 5) is 0. The second-order valence-corrected chi connectivity index (χ2v) is 9.52. The van der Waals surface area contributed by atoms with Crippen molar-refractivity contribution in [2.75, 3.05) is 18.3 Å². The van der Waals surface area contributed by atoms with E-state index in [9.17, 15) is 21.9 Å². The fourth-order valence-corrected chi connectivity index (χ4v) is 2.44. The van der Waals surface area contributed by atoms with Crippen LogP contribution in [0.3, 0.4) is 0 Å². The Labute approximate surface area is 97.7 Å². The van der Waals surface area contributed by atoms with Crippen LogP contribution in [0.15, 0.2) is 0 Å². The van der Waals surface area contributed by atoms with Crippen molar-refractivity contribution in [2.24, 2.45) is 0 Å². The Hall–Kier alpha value is -0.140. The van der Waals surface area contributed by atoms with Crippen LogP contribution in [0.2, 0.25) is 0 Å². The Kier molecular flexibility index (Phi) is 4.97. The Bertz CT molecular complexity index is 419. The lowest BCUT2D eigenvalue weighted by Crippen LogP contribution is -2.43. The van der Waals surface area contributed by atoms with Gasteiger partial charge in [-0.15, -0.1) is 0 Å². The minimum Gasteiger partial charge on any atom is -0.392 e. The van der Waals surface area contributed by atoms with E-state index in [0.29, 0.717) is 0 Å². The van der Waals surface area contributed by atoms with E-state index in [1.54, 1.807) is 0 Å². The Balaban J connectivity index is 4.44. The molecule has 0 aliphatic rings. The fourth-order valence-electron chi connectivity index (χ4n) is 1.13. The summed E-state index contributed by atoms with van der Waals surface area (Å²) in [6, 6.07) is 0. The van der Waals surface area contributed by atoms with Crippen LogP contribution in [0.5, 0.6) is 0 Å². The zero-order valence-electron chi connectivity index (χ0n) is 10.1. The molecule has 0 radical (unpaired) electrons. The maximum atomic E-state index is 11.4. The summed E-state index contributed by atoms with van der Waals surface area (Å²) < 4.78 is 43.2. The Morgan fingerprint density at radius 1 is 1.12 bits per heavy atom. The number of aliphatic hydroxyl groups is 1. The van der Waals surface area contributed by atoms with E-state index in [1.807, 2.05) is 0 Å². The van der Waals surface area contributed by atoms with Crippen molar-refractivity contribution in [1.82, 2.24) is 0 Å². The van der Waals surface area contributed by atoms with Crippen LogP contribution in [0.1, 0.15) is 26.7 Å². The van der Waals surface area contributed by atoms with Crippen LogP contribution in [0, 0.1) is 0 Å². The van der Waals surface area contributed by atoms with E-state index >= 15 is 0 Å². The zero-order valence-corrected chi connectivity index (χ0v) is 11.7. The number of aliphatic hydroxyl groups excluding tert-OH is 1. The van der Waals surface area contributed by atoms with Gasteiger partial charge in [0, 0.05) is 18.3 Å². The SMILES string of the molecule is CC(C)(C(O)CCCS(C)(=O)=O)S(C)(=O)=O. The molecule has 0 heterocycles. The summed E-state index contributed by atoms with van der Waals surface area (Å²) in [6.45, 7) is 2.88. The quantitative estimate of drug-likeness (QED) is 0.735. The first-order valence-electron chi connectivity index (χ1n) is 4.93. The Morgan fingerprint density at radius 3 is 1.88 bits per heavy atom. The van der Waals surface area contributed by atoms with Crippen molar-refractivity contribution in [3.8, 4) is 0 Å². The zero-order chi connectivity index (χ0) is 13.2. The van der Waals surface area contributed by atoms with Gasteiger partial charge < -0.3 is 5.11 Å². The van der Waals surface area contributed by atoms with Gasteiger partial charge in [0.05, 0.1) is 10.9 Å². The van der Waals surface area contributed by atoms with Crippen molar-refractivity contribution < 1.29 is 21.9 Å². The normalized spacial score (nSPS) is 16.1. The van der Waals surface area contributed by atoms with Gasteiger partial charge in [0.1, 0.15) is 9.84 Å². The molecule has 0 saturated carbocycles. The predicted octanol–water partition coefficient (Wildman–Crippen LogP) is -0.00470. The van der Waals surface area contributed by atoms with Crippen LogP contribution < -0.4 is 0 Å². The topological polar surface area (TPSA) is 88.5 Å². The molecule has 0 aromatic carbocycles. The predicted molar refractivity (Wildman–Crippen MR) is 63.9 cm³/mol. The molecule has 98 valence electrons. The smallest absolute Gasteiger partial charge is 0.155 e. The first-order chi connectivity index (χ1) is 6.88. The molecule has 0 rings (SSSR count). The molecular weight excluding hydrogens is 252 g/mol. The summed E-state index contributed by atoms with van der Waals surface area (Å²) in [6.07, 6.45) is 1.55. The molecule has 1 unspecified atom stereocenters. The summed E-state index contributed by atoms with van der Waals surface area (Å²) in [5.74, 6) is -0.0378. The highest BCUT2D eigenvalue weighted by Gasteiger charge is 2.37. The summed E-state index contributed by atoms with van der Waals surface area (Å²) >= 11 is 0. The highest BCUT2D eigenvalue weighted by Crippen LogP contribution is 2.23. The fraction of sp³-hybridized carbons (Fsp3) is 1.00. The molecule has 0 amide bonds. The maximum absolute atomic E-state index is 11.4. The number of hydrogen-bond donors (Lipinski definition) is 1. The first kappa shape index (κ1) is 15.9. The highest BCUT2D eigenvalue weighted by molar-refractivity contribution is 7.92. The molecule has 0 bridgehead atoms. The van der Waals surface area contributed by atoms with E-state index in [0.717, 1.165) is 12.5 Å². The Morgan fingerprint density at radius 2 is 1.56 bits per heavy atom. The van der Waals surface area contributed by atoms with Gasteiger partial charge in [-0.3, -0.25) is 0 Å². The number of sulfone groups is 2. The third-order valence-electron chi connectivity index (χ3n) is 2.75. The second-order valence-electron chi connectivity index (χ2n) is 4.66. The minimum absolute atomic E-state index is 0.0378. The molecular formula is C9H20O5S2. The standard InChI is InChI=1S/C9H20O5S2/c1-9(2,16(4,13)14)8(10)6-5-7-15(3,11)12/h8,10H,5-7H2,1-4H3. The first-order valence-corrected chi connectivity index (χ1v) is 8.88. The van der Waals surface area contributed by atoms with Gasteiger partial charge in [-0.05, 0) is 26.7 Å². The number of hydrogen-bond acceptors (Lipinski definition) is 5. The number of rotatable bonds is 6. The molecule has 0 aromatic heterocycles. The summed E-state index contributed by atoms with van der Waals surface area (Å²) in [7, 11) is -6.43. The molecule has 0 spiro atoms. The van der Waals surface area contributed by atoms with Crippen LogP contribution in [-0.2, 0) is 19.7 Å². The van der Waals surface area contributed by atoms with E-state index in [4.69, 9.17) is 0 Å². The molecule has 5 nitrogen and oxygen atoms in total. The van der Waals surface area contributed by atoms with E-state index in [1.165, 1.54) is 13.8 Å². The van der Waals surface area contributed by atoms with E-state index in [2.05, 4.69) is 0 Å². The van der Waals surface area contributed by atoms with Gasteiger partial charge in [-0.25, -0.2) is 16.8 Å². The molecule has 7 heteroatoms. The highest BCUT2D eigenvalue weighted by atomic mass is 32.2. The minimum atomic E-state index is -3.37. The lowest BCUT2D eigenvalue weighted by molar-refractivity contribution is 0.127. The molecule has 0 aromatic rings. The summed E-state index contributed by atoms with van der Waals surface area (Å²) in [5, 5.41) is 9.74. The maximum Gasteiger partial charge on any atom is 0.155 e. The molecule has 0 aliphatic carbocycles. The van der Waals surface area contributed by atoms with Gasteiger partial charge in [-0.2, -0.15) is 0 Å². The van der Waals surface area contributed by atoms with E-state index in [-0.39, 0.29) is 18.6 Å². The van der Waals surface area contributed by atoms with E-state index < -0.39 is 30.5 Å². The summed E-state index contributed by atoms with van der Waals surface area (Å²) in [5.41, 5.74) is 0. The van der Waals surface area contributed by atoms with Crippen molar-refractivity contribution >= 4 is 19.7 Å². The average molecular weight is 272 g/mol.